The van der Waals surface area contributed by atoms with E-state index in [4.69, 9.17) is 0 Å². The van der Waals surface area contributed by atoms with Crippen LogP contribution >= 0.6 is 0 Å². The number of rotatable bonds is 5. The van der Waals surface area contributed by atoms with Gasteiger partial charge in [0.25, 0.3) is 0 Å². The second-order valence-corrected chi connectivity index (χ2v) is 5.54. The number of aryl methyl sites for hydroxylation is 2. The Hall–Kier alpha value is -2.42. The molecule has 0 aliphatic heterocycles. The monoisotopic (exact) mass is 291 g/mol. The van der Waals surface area contributed by atoms with Gasteiger partial charge >= 0.3 is 0 Å². The predicted molar refractivity (Wildman–Crippen MR) is 90.1 cm³/mol. The molecule has 0 aliphatic carbocycles. The van der Waals surface area contributed by atoms with Crippen molar-refractivity contribution in [3.05, 3.63) is 66.0 Å². The van der Waals surface area contributed by atoms with Crippen LogP contribution in [0.2, 0.25) is 0 Å². The number of unbranched alkanes of at least 4 members (excludes halogenated alkanes) is 1. The van der Waals surface area contributed by atoms with E-state index in [0.29, 0.717) is 0 Å². The fraction of sp³-hybridized carbons (Fsp3) is 0.263. The van der Waals surface area contributed by atoms with Gasteiger partial charge in [0.1, 0.15) is 5.82 Å². The molecule has 3 nitrogen and oxygen atoms in total. The van der Waals surface area contributed by atoms with Crippen molar-refractivity contribution in [2.75, 3.05) is 0 Å². The summed E-state index contributed by atoms with van der Waals surface area (Å²) in [6.45, 7) is 4.21. The third-order valence-electron chi connectivity index (χ3n) is 3.87. The smallest absolute Gasteiger partial charge is 0.168 e. The molecule has 3 aromatic rings. The molecule has 0 atom stereocenters. The zero-order valence-corrected chi connectivity index (χ0v) is 13.2. The number of benzene rings is 2. The van der Waals surface area contributed by atoms with Gasteiger partial charge in [-0.2, -0.15) is 0 Å². The molecule has 0 bridgehead atoms. The zero-order valence-electron chi connectivity index (χ0n) is 13.2. The van der Waals surface area contributed by atoms with E-state index in [1.54, 1.807) is 0 Å². The van der Waals surface area contributed by atoms with Gasteiger partial charge in [0.05, 0.1) is 0 Å². The van der Waals surface area contributed by atoms with Crippen molar-refractivity contribution in [1.29, 1.82) is 0 Å². The minimum Gasteiger partial charge on any atom is -0.279 e. The fourth-order valence-electron chi connectivity index (χ4n) is 2.64. The molecular formula is C19H21N3. The van der Waals surface area contributed by atoms with Gasteiger partial charge in [0, 0.05) is 11.3 Å². The summed E-state index contributed by atoms with van der Waals surface area (Å²) in [5, 5.41) is 8.62. The predicted octanol–water partition coefficient (Wildman–Crippen LogP) is 4.59. The van der Waals surface area contributed by atoms with Gasteiger partial charge in [-0.25, -0.2) is 0 Å². The Labute approximate surface area is 131 Å². The maximum atomic E-state index is 4.37. The van der Waals surface area contributed by atoms with Gasteiger partial charge in [0.2, 0.25) is 0 Å². The van der Waals surface area contributed by atoms with Crippen molar-refractivity contribution in [3.8, 4) is 17.1 Å². The average Bonchev–Trinajstić information content (AvgIpc) is 2.96. The molecule has 0 N–H and O–H groups in total. The number of para-hydroxylation sites is 1. The Morgan fingerprint density at radius 1 is 0.909 bits per heavy atom. The molecule has 0 radical (unpaired) electrons. The molecule has 0 fully saturated rings. The summed E-state index contributed by atoms with van der Waals surface area (Å²) >= 11 is 0. The first-order valence-electron chi connectivity index (χ1n) is 7.86. The first kappa shape index (κ1) is 14.5. The molecular weight excluding hydrogens is 270 g/mol. The number of nitrogens with zero attached hydrogens (tertiary/aromatic N) is 3. The molecule has 0 unspecified atom stereocenters. The largest absolute Gasteiger partial charge is 0.279 e. The van der Waals surface area contributed by atoms with Crippen molar-refractivity contribution < 1.29 is 0 Å². The number of hydrogen-bond acceptors (Lipinski definition) is 2. The lowest BCUT2D eigenvalue weighted by Gasteiger charge is -2.09. The fourth-order valence-corrected chi connectivity index (χ4v) is 2.64. The normalized spacial score (nSPS) is 10.8. The van der Waals surface area contributed by atoms with E-state index in [0.717, 1.165) is 29.3 Å². The lowest BCUT2D eigenvalue weighted by molar-refractivity contribution is 0.795. The van der Waals surface area contributed by atoms with E-state index in [-0.39, 0.29) is 0 Å². The molecule has 3 heteroatoms. The van der Waals surface area contributed by atoms with Crippen LogP contribution in [-0.4, -0.2) is 14.8 Å². The highest BCUT2D eigenvalue weighted by Gasteiger charge is 2.12. The summed E-state index contributed by atoms with van der Waals surface area (Å²) in [7, 11) is 0. The minimum atomic E-state index is 0.894. The van der Waals surface area contributed by atoms with Crippen LogP contribution in [0.3, 0.4) is 0 Å². The summed E-state index contributed by atoms with van der Waals surface area (Å²) in [6, 6.07) is 18.9. The van der Waals surface area contributed by atoms with Crippen LogP contribution < -0.4 is 0 Å². The van der Waals surface area contributed by atoms with E-state index >= 15 is 0 Å². The number of hydrogen-bond donors (Lipinski definition) is 0. The third kappa shape index (κ3) is 2.93. The quantitative estimate of drug-likeness (QED) is 0.688. The van der Waals surface area contributed by atoms with Gasteiger partial charge < -0.3 is 0 Å². The van der Waals surface area contributed by atoms with E-state index in [1.807, 2.05) is 25.1 Å². The van der Waals surface area contributed by atoms with Crippen LogP contribution in [0.4, 0.5) is 0 Å². The van der Waals surface area contributed by atoms with Crippen LogP contribution in [0.5, 0.6) is 0 Å². The molecule has 112 valence electrons. The summed E-state index contributed by atoms with van der Waals surface area (Å²) in [4.78, 5) is 0. The maximum Gasteiger partial charge on any atom is 0.168 e. The molecule has 2 aromatic carbocycles. The van der Waals surface area contributed by atoms with Gasteiger partial charge in [-0.1, -0.05) is 55.8 Å². The van der Waals surface area contributed by atoms with Crippen LogP contribution in [0.1, 0.15) is 31.2 Å². The van der Waals surface area contributed by atoms with Gasteiger partial charge in [-0.3, -0.25) is 4.57 Å². The SMILES string of the molecule is CCCCc1ccc(-c2nnc(C)n2-c2ccccc2)cc1. The van der Waals surface area contributed by atoms with Crippen molar-refractivity contribution in [2.45, 2.75) is 33.1 Å². The summed E-state index contributed by atoms with van der Waals surface area (Å²) in [5.74, 6) is 1.79. The molecule has 0 amide bonds. The third-order valence-corrected chi connectivity index (χ3v) is 3.87. The van der Waals surface area contributed by atoms with Crippen LogP contribution in [0.15, 0.2) is 54.6 Å². The maximum absolute atomic E-state index is 4.37. The molecule has 0 saturated carbocycles. The van der Waals surface area contributed by atoms with Crippen molar-refractivity contribution in [3.63, 3.8) is 0 Å². The Kier molecular flexibility index (Phi) is 4.33. The zero-order chi connectivity index (χ0) is 15.4. The molecule has 1 heterocycles. The Balaban J connectivity index is 1.96. The second kappa shape index (κ2) is 6.56. The minimum absolute atomic E-state index is 0.894. The Morgan fingerprint density at radius 2 is 1.64 bits per heavy atom. The molecule has 0 spiro atoms. The van der Waals surface area contributed by atoms with E-state index in [9.17, 15) is 0 Å². The lowest BCUT2D eigenvalue weighted by atomic mass is 10.1. The van der Waals surface area contributed by atoms with Crippen molar-refractivity contribution >= 4 is 0 Å². The highest BCUT2D eigenvalue weighted by atomic mass is 15.3. The molecule has 3 rings (SSSR count). The van der Waals surface area contributed by atoms with Crippen molar-refractivity contribution in [2.24, 2.45) is 0 Å². The first-order valence-corrected chi connectivity index (χ1v) is 7.86. The molecule has 0 aliphatic rings. The van der Waals surface area contributed by atoms with E-state index in [2.05, 4.69) is 58.1 Å². The topological polar surface area (TPSA) is 30.7 Å². The van der Waals surface area contributed by atoms with Crippen molar-refractivity contribution in [1.82, 2.24) is 14.8 Å². The summed E-state index contributed by atoms with van der Waals surface area (Å²) < 4.78 is 2.10. The first-order chi connectivity index (χ1) is 10.8. The highest BCUT2D eigenvalue weighted by Crippen LogP contribution is 2.23. The van der Waals surface area contributed by atoms with E-state index < -0.39 is 0 Å². The Bertz CT molecular complexity index is 727. The van der Waals surface area contributed by atoms with Gasteiger partial charge in [-0.05, 0) is 37.5 Å². The average molecular weight is 291 g/mol. The number of aromatic nitrogens is 3. The Morgan fingerprint density at radius 3 is 2.32 bits per heavy atom. The lowest BCUT2D eigenvalue weighted by Crippen LogP contribution is -1.99. The van der Waals surface area contributed by atoms with Crippen LogP contribution in [0, 0.1) is 6.92 Å². The van der Waals surface area contributed by atoms with Crippen LogP contribution in [0.25, 0.3) is 17.1 Å². The summed E-state index contributed by atoms with van der Waals surface area (Å²) in [5.41, 5.74) is 3.58. The standard InChI is InChI=1S/C19H21N3/c1-3-4-8-16-11-13-17(14-12-16)19-21-20-15(2)22(19)18-9-6-5-7-10-18/h5-7,9-14H,3-4,8H2,1-2H3. The molecule has 0 saturated heterocycles. The molecule has 1 aromatic heterocycles. The highest BCUT2D eigenvalue weighted by molar-refractivity contribution is 5.59. The second-order valence-electron chi connectivity index (χ2n) is 5.54. The van der Waals surface area contributed by atoms with E-state index in [1.165, 1.54) is 18.4 Å². The summed E-state index contributed by atoms with van der Waals surface area (Å²) in [6.07, 6.45) is 3.60. The van der Waals surface area contributed by atoms with Gasteiger partial charge in [-0.15, -0.1) is 10.2 Å². The molecule has 22 heavy (non-hydrogen) atoms. The van der Waals surface area contributed by atoms with Gasteiger partial charge in [0.15, 0.2) is 5.82 Å². The van der Waals surface area contributed by atoms with Crippen LogP contribution in [-0.2, 0) is 6.42 Å².